The lowest BCUT2D eigenvalue weighted by Crippen LogP contribution is -2.39. The summed E-state index contributed by atoms with van der Waals surface area (Å²) in [6, 6.07) is 0. The van der Waals surface area contributed by atoms with Crippen molar-refractivity contribution in [3.8, 4) is 0 Å². The first-order chi connectivity index (χ1) is 11.8. The van der Waals surface area contributed by atoms with Gasteiger partial charge in [0, 0.05) is 20.0 Å². The first-order valence-electron chi connectivity index (χ1n) is 8.11. The van der Waals surface area contributed by atoms with Crippen LogP contribution >= 0.6 is 11.8 Å². The number of fused-ring (bicyclic) bond motifs is 1. The normalized spacial score (nSPS) is 11.4. The predicted molar refractivity (Wildman–Crippen MR) is 96.2 cm³/mol. The maximum absolute atomic E-state index is 12.6. The molecule has 136 valence electrons. The zero-order valence-corrected chi connectivity index (χ0v) is 15.6. The standard InChI is InChI=1S/C16H22N4O4S/c1-5-6-20-13-12(15(23)19(4)16(20)24)14(25-8-11(21)22)18-10(17-13)7-9(2)3/h9H,5-8H2,1-4H3,(H,21,22). The summed E-state index contributed by atoms with van der Waals surface area (Å²) in [4.78, 5) is 44.9. The minimum atomic E-state index is -0.999. The Morgan fingerprint density at radius 3 is 2.52 bits per heavy atom. The third kappa shape index (κ3) is 4.09. The molecule has 0 saturated carbocycles. The van der Waals surface area contributed by atoms with E-state index in [-0.39, 0.29) is 22.7 Å². The van der Waals surface area contributed by atoms with Crippen LogP contribution in [0.3, 0.4) is 0 Å². The highest BCUT2D eigenvalue weighted by atomic mass is 32.2. The average molecular weight is 366 g/mol. The number of carboxylic acids is 1. The monoisotopic (exact) mass is 366 g/mol. The maximum atomic E-state index is 12.6. The van der Waals surface area contributed by atoms with Crippen molar-refractivity contribution >= 4 is 28.8 Å². The quantitative estimate of drug-likeness (QED) is 0.581. The van der Waals surface area contributed by atoms with E-state index < -0.39 is 17.2 Å². The molecule has 8 nitrogen and oxygen atoms in total. The van der Waals surface area contributed by atoms with Crippen molar-refractivity contribution < 1.29 is 9.90 Å². The van der Waals surface area contributed by atoms with E-state index in [1.54, 1.807) is 0 Å². The Hall–Kier alpha value is -2.16. The van der Waals surface area contributed by atoms with Crippen molar-refractivity contribution in [3.05, 3.63) is 26.7 Å². The average Bonchev–Trinajstić information content (AvgIpc) is 2.53. The number of thioether (sulfide) groups is 1. The van der Waals surface area contributed by atoms with Gasteiger partial charge in [-0.15, -0.1) is 0 Å². The van der Waals surface area contributed by atoms with Gasteiger partial charge < -0.3 is 5.11 Å². The minimum Gasteiger partial charge on any atom is -0.481 e. The first-order valence-corrected chi connectivity index (χ1v) is 9.09. The van der Waals surface area contributed by atoms with E-state index >= 15 is 0 Å². The second-order valence-corrected chi connectivity index (χ2v) is 7.19. The molecule has 25 heavy (non-hydrogen) atoms. The molecule has 2 aromatic rings. The maximum Gasteiger partial charge on any atom is 0.332 e. The van der Waals surface area contributed by atoms with E-state index in [2.05, 4.69) is 9.97 Å². The molecule has 2 heterocycles. The van der Waals surface area contributed by atoms with Gasteiger partial charge in [0.15, 0.2) is 5.65 Å². The van der Waals surface area contributed by atoms with Crippen LogP contribution in [0.5, 0.6) is 0 Å². The zero-order chi connectivity index (χ0) is 18.7. The Morgan fingerprint density at radius 2 is 1.96 bits per heavy atom. The van der Waals surface area contributed by atoms with Crippen molar-refractivity contribution in [2.45, 2.75) is 45.2 Å². The largest absolute Gasteiger partial charge is 0.481 e. The highest BCUT2D eigenvalue weighted by Crippen LogP contribution is 2.23. The van der Waals surface area contributed by atoms with E-state index in [9.17, 15) is 14.4 Å². The molecular formula is C16H22N4O4S. The molecule has 0 aliphatic carbocycles. The molecule has 0 aliphatic rings. The van der Waals surface area contributed by atoms with Gasteiger partial charge in [-0.1, -0.05) is 32.5 Å². The van der Waals surface area contributed by atoms with Crippen molar-refractivity contribution in [2.24, 2.45) is 13.0 Å². The topological polar surface area (TPSA) is 107 Å². The van der Waals surface area contributed by atoms with E-state index in [0.29, 0.717) is 30.2 Å². The molecule has 9 heteroatoms. The van der Waals surface area contributed by atoms with E-state index in [1.807, 2.05) is 20.8 Å². The Morgan fingerprint density at radius 1 is 1.28 bits per heavy atom. The van der Waals surface area contributed by atoms with Gasteiger partial charge in [-0.3, -0.25) is 18.7 Å². The summed E-state index contributed by atoms with van der Waals surface area (Å²) in [6.07, 6.45) is 1.28. The molecule has 1 N–H and O–H groups in total. The summed E-state index contributed by atoms with van der Waals surface area (Å²) < 4.78 is 2.49. The fraction of sp³-hybridized carbons (Fsp3) is 0.562. The van der Waals surface area contributed by atoms with Gasteiger partial charge in [0.2, 0.25) is 0 Å². The Kier molecular flexibility index (Phi) is 5.99. The van der Waals surface area contributed by atoms with Gasteiger partial charge in [0.25, 0.3) is 5.56 Å². The molecule has 0 saturated heterocycles. The summed E-state index contributed by atoms with van der Waals surface area (Å²) in [5.74, 6) is -0.426. The lowest BCUT2D eigenvalue weighted by molar-refractivity contribution is -0.133. The molecule has 0 spiro atoms. The van der Waals surface area contributed by atoms with Crippen LogP contribution in [-0.4, -0.2) is 35.9 Å². The number of aryl methyl sites for hydroxylation is 1. The molecule has 2 aromatic heterocycles. The second-order valence-electron chi connectivity index (χ2n) is 6.22. The molecule has 0 aromatic carbocycles. The summed E-state index contributed by atoms with van der Waals surface area (Å²) in [6.45, 7) is 6.38. The van der Waals surface area contributed by atoms with Gasteiger partial charge >= 0.3 is 11.7 Å². The van der Waals surface area contributed by atoms with Gasteiger partial charge in [-0.05, 0) is 12.3 Å². The van der Waals surface area contributed by atoms with Gasteiger partial charge in [-0.25, -0.2) is 14.8 Å². The van der Waals surface area contributed by atoms with Gasteiger partial charge in [0.05, 0.1) is 5.75 Å². The second kappa shape index (κ2) is 7.81. The fourth-order valence-corrected chi connectivity index (χ4v) is 3.25. The highest BCUT2D eigenvalue weighted by Gasteiger charge is 2.19. The molecule has 0 atom stereocenters. The highest BCUT2D eigenvalue weighted by molar-refractivity contribution is 8.00. The lowest BCUT2D eigenvalue weighted by Gasteiger charge is -2.14. The van der Waals surface area contributed by atoms with Gasteiger partial charge in [0.1, 0.15) is 16.2 Å². The van der Waals surface area contributed by atoms with E-state index in [0.717, 1.165) is 16.3 Å². The number of rotatable bonds is 7. The van der Waals surface area contributed by atoms with Crippen molar-refractivity contribution in [1.29, 1.82) is 0 Å². The third-order valence-electron chi connectivity index (χ3n) is 3.57. The SMILES string of the molecule is CCCn1c(=O)n(C)c(=O)c2c(SCC(=O)O)nc(CC(C)C)nc21. The predicted octanol–water partition coefficient (Wildman–Crippen LogP) is 1.28. The number of aromatic nitrogens is 4. The van der Waals surface area contributed by atoms with E-state index in [4.69, 9.17) is 5.11 Å². The first kappa shape index (κ1) is 19.2. The fourth-order valence-electron chi connectivity index (χ4n) is 2.50. The van der Waals surface area contributed by atoms with Crippen LogP contribution in [-0.2, 0) is 24.8 Å². The number of hydrogen-bond donors (Lipinski definition) is 1. The summed E-state index contributed by atoms with van der Waals surface area (Å²) in [5, 5.41) is 9.48. The molecule has 0 bridgehead atoms. The van der Waals surface area contributed by atoms with Crippen LogP contribution in [0.1, 0.15) is 33.0 Å². The van der Waals surface area contributed by atoms with Crippen molar-refractivity contribution in [3.63, 3.8) is 0 Å². The van der Waals surface area contributed by atoms with Crippen LogP contribution in [0.15, 0.2) is 14.6 Å². The number of aliphatic carboxylic acids is 1. The molecule has 0 unspecified atom stereocenters. The smallest absolute Gasteiger partial charge is 0.332 e. The number of nitrogens with zero attached hydrogens (tertiary/aromatic N) is 4. The van der Waals surface area contributed by atoms with Crippen LogP contribution < -0.4 is 11.2 Å². The van der Waals surface area contributed by atoms with Crippen LogP contribution in [0, 0.1) is 5.92 Å². The Bertz CT molecular complexity index is 917. The van der Waals surface area contributed by atoms with Crippen LogP contribution in [0.4, 0.5) is 0 Å². The number of carbonyl (C=O) groups is 1. The zero-order valence-electron chi connectivity index (χ0n) is 14.8. The number of carboxylic acid groups (broad SMARTS) is 1. The molecule has 2 rings (SSSR count). The Balaban J connectivity index is 2.84. The molecular weight excluding hydrogens is 344 g/mol. The molecule has 0 fully saturated rings. The summed E-state index contributed by atoms with van der Waals surface area (Å²) in [7, 11) is 1.41. The van der Waals surface area contributed by atoms with Crippen molar-refractivity contribution in [2.75, 3.05) is 5.75 Å². The van der Waals surface area contributed by atoms with Gasteiger partial charge in [-0.2, -0.15) is 0 Å². The number of hydrogen-bond acceptors (Lipinski definition) is 6. The summed E-state index contributed by atoms with van der Waals surface area (Å²) >= 11 is 0.975. The molecule has 0 aliphatic heterocycles. The Labute approximate surface area is 148 Å². The summed E-state index contributed by atoms with van der Waals surface area (Å²) in [5.41, 5.74) is -0.646. The van der Waals surface area contributed by atoms with Crippen LogP contribution in [0.25, 0.3) is 11.0 Å². The lowest BCUT2D eigenvalue weighted by atomic mass is 10.1. The third-order valence-corrected chi connectivity index (χ3v) is 4.53. The van der Waals surface area contributed by atoms with Crippen molar-refractivity contribution in [1.82, 2.24) is 19.1 Å². The molecule has 0 radical (unpaired) electrons. The molecule has 0 amide bonds. The minimum absolute atomic E-state index is 0.203. The van der Waals surface area contributed by atoms with E-state index in [1.165, 1.54) is 11.6 Å². The van der Waals surface area contributed by atoms with Crippen LogP contribution in [0.2, 0.25) is 0 Å².